The van der Waals surface area contributed by atoms with E-state index < -0.39 is 5.97 Å². The second-order valence-corrected chi connectivity index (χ2v) is 5.78. The van der Waals surface area contributed by atoms with Crippen molar-refractivity contribution in [1.82, 2.24) is 9.78 Å². The molecule has 1 aliphatic rings. The quantitative estimate of drug-likeness (QED) is 0.909. The SMILES string of the molecule is CC1CC(C)CC(OCc2c(C(=O)O)cnn2C)C1. The highest BCUT2D eigenvalue weighted by Crippen LogP contribution is 2.30. The van der Waals surface area contributed by atoms with Crippen molar-refractivity contribution in [3.8, 4) is 0 Å². The average molecular weight is 266 g/mol. The van der Waals surface area contributed by atoms with E-state index in [2.05, 4.69) is 18.9 Å². The van der Waals surface area contributed by atoms with Gasteiger partial charge in [-0.1, -0.05) is 13.8 Å². The summed E-state index contributed by atoms with van der Waals surface area (Å²) in [7, 11) is 1.75. The van der Waals surface area contributed by atoms with Crippen molar-refractivity contribution in [2.24, 2.45) is 18.9 Å². The van der Waals surface area contributed by atoms with Crippen molar-refractivity contribution in [2.45, 2.75) is 45.8 Å². The van der Waals surface area contributed by atoms with Gasteiger partial charge in [0.05, 0.1) is 24.6 Å². The van der Waals surface area contributed by atoms with E-state index in [0.29, 0.717) is 24.1 Å². The molecule has 5 heteroatoms. The lowest BCUT2D eigenvalue weighted by Crippen LogP contribution is -2.26. The van der Waals surface area contributed by atoms with E-state index in [-0.39, 0.29) is 11.7 Å². The summed E-state index contributed by atoms with van der Waals surface area (Å²) in [5.41, 5.74) is 0.873. The molecule has 5 nitrogen and oxygen atoms in total. The zero-order valence-corrected chi connectivity index (χ0v) is 11.8. The van der Waals surface area contributed by atoms with E-state index in [0.717, 1.165) is 12.8 Å². The summed E-state index contributed by atoms with van der Waals surface area (Å²) in [5, 5.41) is 13.1. The Morgan fingerprint density at radius 2 is 2.05 bits per heavy atom. The second-order valence-electron chi connectivity index (χ2n) is 5.78. The van der Waals surface area contributed by atoms with Gasteiger partial charge in [0.25, 0.3) is 0 Å². The van der Waals surface area contributed by atoms with Crippen LogP contribution in [0.25, 0.3) is 0 Å². The van der Waals surface area contributed by atoms with Crippen LogP contribution >= 0.6 is 0 Å². The number of aromatic carboxylic acids is 1. The van der Waals surface area contributed by atoms with Crippen LogP contribution in [0.3, 0.4) is 0 Å². The van der Waals surface area contributed by atoms with Crippen LogP contribution in [0.1, 0.15) is 49.2 Å². The molecular weight excluding hydrogens is 244 g/mol. The van der Waals surface area contributed by atoms with E-state index in [9.17, 15) is 4.79 Å². The zero-order valence-electron chi connectivity index (χ0n) is 11.8. The fraction of sp³-hybridized carbons (Fsp3) is 0.714. The number of hydrogen-bond acceptors (Lipinski definition) is 3. The molecule has 1 aliphatic carbocycles. The van der Waals surface area contributed by atoms with Crippen LogP contribution in [-0.2, 0) is 18.4 Å². The van der Waals surface area contributed by atoms with E-state index >= 15 is 0 Å². The van der Waals surface area contributed by atoms with Gasteiger partial charge in [0.1, 0.15) is 5.56 Å². The lowest BCUT2D eigenvalue weighted by molar-refractivity contribution is -0.0120. The molecule has 0 saturated heterocycles. The Kier molecular flexibility index (Phi) is 4.24. The average Bonchev–Trinajstić information content (AvgIpc) is 2.67. The topological polar surface area (TPSA) is 64.3 Å². The summed E-state index contributed by atoms with van der Waals surface area (Å²) in [6, 6.07) is 0. The Morgan fingerprint density at radius 1 is 1.42 bits per heavy atom. The van der Waals surface area contributed by atoms with Gasteiger partial charge in [-0.15, -0.1) is 0 Å². The number of carboxylic acids is 1. The molecule has 1 heterocycles. The first-order chi connectivity index (χ1) is 8.97. The summed E-state index contributed by atoms with van der Waals surface area (Å²) < 4.78 is 7.50. The van der Waals surface area contributed by atoms with Gasteiger partial charge in [-0.05, 0) is 31.1 Å². The van der Waals surface area contributed by atoms with E-state index in [1.165, 1.54) is 12.6 Å². The first-order valence-electron chi connectivity index (χ1n) is 6.83. The lowest BCUT2D eigenvalue weighted by Gasteiger charge is -2.31. The van der Waals surface area contributed by atoms with Gasteiger partial charge in [0, 0.05) is 7.05 Å². The standard InChI is InChI=1S/C14H22N2O3/c1-9-4-10(2)6-11(5-9)19-8-13-12(14(17)18)7-15-16(13)3/h7,9-11H,4-6,8H2,1-3H3,(H,17,18). The maximum Gasteiger partial charge on any atom is 0.339 e. The minimum absolute atomic E-state index is 0.232. The van der Waals surface area contributed by atoms with Crippen LogP contribution in [0.15, 0.2) is 6.20 Å². The minimum atomic E-state index is -0.947. The van der Waals surface area contributed by atoms with Gasteiger partial charge >= 0.3 is 5.97 Å². The predicted octanol–water partition coefficient (Wildman–Crippen LogP) is 2.46. The van der Waals surface area contributed by atoms with Gasteiger partial charge in [-0.25, -0.2) is 4.79 Å². The summed E-state index contributed by atoms with van der Waals surface area (Å²) in [4.78, 5) is 11.1. The molecule has 2 unspecified atom stereocenters. The Labute approximate surface area is 113 Å². The van der Waals surface area contributed by atoms with Crippen LogP contribution < -0.4 is 0 Å². The molecule has 0 radical (unpaired) electrons. The number of carboxylic acid groups (broad SMARTS) is 1. The van der Waals surface area contributed by atoms with Crippen molar-refractivity contribution < 1.29 is 14.6 Å². The molecular formula is C14H22N2O3. The van der Waals surface area contributed by atoms with Gasteiger partial charge in [-0.3, -0.25) is 4.68 Å². The molecule has 106 valence electrons. The highest BCUT2D eigenvalue weighted by Gasteiger charge is 2.25. The maximum atomic E-state index is 11.1. The normalized spacial score (nSPS) is 27.4. The highest BCUT2D eigenvalue weighted by atomic mass is 16.5. The monoisotopic (exact) mass is 266 g/mol. The van der Waals surface area contributed by atoms with Gasteiger partial charge < -0.3 is 9.84 Å². The Morgan fingerprint density at radius 3 is 2.63 bits per heavy atom. The molecule has 2 rings (SSSR count). The van der Waals surface area contributed by atoms with Crippen molar-refractivity contribution in [3.05, 3.63) is 17.5 Å². The third kappa shape index (κ3) is 3.35. The first kappa shape index (κ1) is 14.1. The van der Waals surface area contributed by atoms with Gasteiger partial charge in [-0.2, -0.15) is 5.10 Å². The number of nitrogens with zero attached hydrogens (tertiary/aromatic N) is 2. The number of hydrogen-bond donors (Lipinski definition) is 1. The highest BCUT2D eigenvalue weighted by molar-refractivity contribution is 5.88. The minimum Gasteiger partial charge on any atom is -0.478 e. The molecule has 1 N–H and O–H groups in total. The van der Waals surface area contributed by atoms with Crippen molar-refractivity contribution in [2.75, 3.05) is 0 Å². The number of aromatic nitrogens is 2. The van der Waals surface area contributed by atoms with Crippen LogP contribution in [0, 0.1) is 11.8 Å². The van der Waals surface area contributed by atoms with E-state index in [1.807, 2.05) is 0 Å². The second kappa shape index (κ2) is 5.74. The molecule has 1 fully saturated rings. The summed E-state index contributed by atoms with van der Waals surface area (Å²) >= 11 is 0. The predicted molar refractivity (Wildman–Crippen MR) is 70.9 cm³/mol. The van der Waals surface area contributed by atoms with E-state index in [1.54, 1.807) is 11.7 Å². The number of aryl methyl sites for hydroxylation is 1. The molecule has 1 aromatic rings. The molecule has 0 amide bonds. The zero-order chi connectivity index (χ0) is 14.0. The fourth-order valence-corrected chi connectivity index (χ4v) is 3.02. The molecule has 1 saturated carbocycles. The third-order valence-corrected chi connectivity index (χ3v) is 3.88. The molecule has 2 atom stereocenters. The molecule has 0 aromatic carbocycles. The maximum absolute atomic E-state index is 11.1. The third-order valence-electron chi connectivity index (χ3n) is 3.88. The van der Waals surface area contributed by atoms with Crippen LogP contribution in [0.2, 0.25) is 0 Å². The lowest BCUT2D eigenvalue weighted by atomic mass is 9.82. The molecule has 19 heavy (non-hydrogen) atoms. The number of carbonyl (C=O) groups is 1. The summed E-state index contributed by atoms with van der Waals surface area (Å²) in [5.74, 6) is 0.413. The molecule has 0 spiro atoms. The Bertz CT molecular complexity index is 446. The fourth-order valence-electron chi connectivity index (χ4n) is 3.02. The van der Waals surface area contributed by atoms with Crippen LogP contribution in [0.5, 0.6) is 0 Å². The summed E-state index contributed by atoms with van der Waals surface area (Å²) in [6.07, 6.45) is 4.99. The van der Waals surface area contributed by atoms with Gasteiger partial charge in [0.2, 0.25) is 0 Å². The van der Waals surface area contributed by atoms with Gasteiger partial charge in [0.15, 0.2) is 0 Å². The summed E-state index contributed by atoms with van der Waals surface area (Å²) in [6.45, 7) is 4.82. The van der Waals surface area contributed by atoms with Crippen LogP contribution in [0.4, 0.5) is 0 Å². The Balaban J connectivity index is 1.99. The van der Waals surface area contributed by atoms with Crippen LogP contribution in [-0.4, -0.2) is 27.0 Å². The van der Waals surface area contributed by atoms with Crippen molar-refractivity contribution >= 4 is 5.97 Å². The molecule has 0 bridgehead atoms. The first-order valence-corrected chi connectivity index (χ1v) is 6.83. The molecule has 0 aliphatic heterocycles. The Hall–Kier alpha value is -1.36. The van der Waals surface area contributed by atoms with E-state index in [4.69, 9.17) is 9.84 Å². The number of rotatable bonds is 4. The molecule has 1 aromatic heterocycles. The smallest absolute Gasteiger partial charge is 0.339 e. The van der Waals surface area contributed by atoms with Crippen molar-refractivity contribution in [3.63, 3.8) is 0 Å². The van der Waals surface area contributed by atoms with Crippen molar-refractivity contribution in [1.29, 1.82) is 0 Å². The largest absolute Gasteiger partial charge is 0.478 e. The number of ether oxygens (including phenoxy) is 1.